The van der Waals surface area contributed by atoms with E-state index in [1.165, 1.54) is 0 Å². The first-order chi connectivity index (χ1) is 13.1. The molecule has 6 nitrogen and oxygen atoms in total. The number of hydrogen-bond donors (Lipinski definition) is 2. The van der Waals surface area contributed by atoms with Crippen molar-refractivity contribution in [1.29, 1.82) is 0 Å². The monoisotopic (exact) mass is 444 g/mol. The number of carbonyl (C=O) groups excluding carboxylic acids is 2. The average Bonchev–Trinajstić information content (AvgIpc) is 2.62. The number of halogens is 2. The van der Waals surface area contributed by atoms with E-state index >= 15 is 0 Å². The quantitative estimate of drug-likeness (QED) is 0.485. The van der Waals surface area contributed by atoms with Crippen LogP contribution < -0.4 is 10.6 Å². The third-order valence-corrected chi connectivity index (χ3v) is 6.40. The minimum Gasteiger partial charge on any atom is -0.349 e. The van der Waals surface area contributed by atoms with Gasteiger partial charge in [-0.15, -0.1) is 23.2 Å². The van der Waals surface area contributed by atoms with Gasteiger partial charge in [0.05, 0.1) is 15.7 Å². The van der Waals surface area contributed by atoms with Gasteiger partial charge in [0, 0.05) is 36.1 Å². The summed E-state index contributed by atoms with van der Waals surface area (Å²) in [5.41, 5.74) is 0.515. The Morgan fingerprint density at radius 1 is 1.14 bits per heavy atom. The summed E-state index contributed by atoms with van der Waals surface area (Å²) in [4.78, 5) is 24.2. The van der Waals surface area contributed by atoms with Crippen molar-refractivity contribution in [2.24, 2.45) is 5.92 Å². The van der Waals surface area contributed by atoms with Crippen molar-refractivity contribution < 1.29 is 18.0 Å². The second kappa shape index (κ2) is 9.58. The predicted octanol–water partition coefficient (Wildman–Crippen LogP) is 2.34. The standard InChI is InChI=1S/C19H22Cl2N2O4S/c1-12(13-3-6-15(7-4-13)28(2,26)27)22-18(24)9-10-19(25)23-14-5-8-16(20)17(21)11-14/h3,5-13,16-17H,4H2,1-2H3,(H,22,24)(H,23,25)/b10-9-. The highest BCUT2D eigenvalue weighted by Gasteiger charge is 2.20. The largest absolute Gasteiger partial charge is 0.349 e. The molecule has 0 spiro atoms. The van der Waals surface area contributed by atoms with E-state index in [4.69, 9.17) is 23.2 Å². The number of sulfone groups is 1. The second-order valence-corrected chi connectivity index (χ2v) is 9.65. The zero-order valence-corrected chi connectivity index (χ0v) is 17.8. The SMILES string of the molecule is CC(NC(=O)/C=C\C(=O)NC1=CC(Cl)C(Cl)C=C1)C1C=CC(S(C)(=O)=O)=CC1. The van der Waals surface area contributed by atoms with Gasteiger partial charge >= 0.3 is 0 Å². The molecule has 0 saturated heterocycles. The Morgan fingerprint density at radius 2 is 1.82 bits per heavy atom. The predicted molar refractivity (Wildman–Crippen MR) is 112 cm³/mol. The molecule has 2 N–H and O–H groups in total. The van der Waals surface area contributed by atoms with Crippen LogP contribution in [0.2, 0.25) is 0 Å². The first kappa shape index (κ1) is 22.5. The maximum absolute atomic E-state index is 12.0. The lowest BCUT2D eigenvalue weighted by molar-refractivity contribution is -0.118. The van der Waals surface area contributed by atoms with E-state index in [2.05, 4.69) is 10.6 Å². The van der Waals surface area contributed by atoms with Gasteiger partial charge in [-0.05, 0) is 31.6 Å². The van der Waals surface area contributed by atoms with Gasteiger partial charge in [0.1, 0.15) is 0 Å². The van der Waals surface area contributed by atoms with Gasteiger partial charge in [0.15, 0.2) is 9.84 Å². The molecular weight excluding hydrogens is 423 g/mol. The second-order valence-electron chi connectivity index (χ2n) is 6.63. The highest BCUT2D eigenvalue weighted by atomic mass is 35.5. The van der Waals surface area contributed by atoms with Crippen LogP contribution in [0.3, 0.4) is 0 Å². The lowest BCUT2D eigenvalue weighted by Gasteiger charge is -2.23. The van der Waals surface area contributed by atoms with Gasteiger partial charge in [-0.2, -0.15) is 0 Å². The highest BCUT2D eigenvalue weighted by Crippen LogP contribution is 2.22. The fourth-order valence-corrected chi connectivity index (χ4v) is 3.77. The summed E-state index contributed by atoms with van der Waals surface area (Å²) in [6, 6.07) is -0.226. The van der Waals surface area contributed by atoms with Crippen LogP contribution in [0.25, 0.3) is 0 Å². The lowest BCUT2D eigenvalue weighted by atomic mass is 9.94. The molecule has 0 aromatic rings. The minimum atomic E-state index is -3.23. The molecule has 0 saturated carbocycles. The number of carbonyl (C=O) groups is 2. The number of amides is 2. The topological polar surface area (TPSA) is 92.3 Å². The molecule has 2 amide bonds. The Labute approximate surface area is 175 Å². The van der Waals surface area contributed by atoms with Crippen molar-refractivity contribution >= 4 is 44.9 Å². The van der Waals surface area contributed by atoms with Crippen molar-refractivity contribution in [3.05, 3.63) is 59.2 Å². The van der Waals surface area contributed by atoms with Crippen LogP contribution >= 0.6 is 23.2 Å². The number of rotatable bonds is 6. The van der Waals surface area contributed by atoms with Gasteiger partial charge in [-0.1, -0.05) is 18.2 Å². The van der Waals surface area contributed by atoms with Gasteiger partial charge in [-0.25, -0.2) is 8.42 Å². The number of hydrogen-bond acceptors (Lipinski definition) is 4. The van der Waals surface area contributed by atoms with Crippen LogP contribution in [0.5, 0.6) is 0 Å². The Bertz CT molecular complexity index is 888. The van der Waals surface area contributed by atoms with E-state index in [0.717, 1.165) is 18.4 Å². The highest BCUT2D eigenvalue weighted by molar-refractivity contribution is 7.94. The van der Waals surface area contributed by atoms with Crippen molar-refractivity contribution in [3.63, 3.8) is 0 Å². The van der Waals surface area contributed by atoms with Crippen molar-refractivity contribution in [3.8, 4) is 0 Å². The van der Waals surface area contributed by atoms with Gasteiger partial charge in [-0.3, -0.25) is 9.59 Å². The van der Waals surface area contributed by atoms with Crippen molar-refractivity contribution in [2.75, 3.05) is 6.26 Å². The summed E-state index contributed by atoms with van der Waals surface area (Å²) in [6.07, 6.45) is 13.9. The summed E-state index contributed by atoms with van der Waals surface area (Å²) in [6.45, 7) is 1.82. The summed E-state index contributed by atoms with van der Waals surface area (Å²) in [5.74, 6) is -0.912. The molecule has 4 atom stereocenters. The molecule has 152 valence electrons. The molecule has 0 aromatic heterocycles. The molecule has 0 heterocycles. The number of allylic oxidation sites excluding steroid dienone is 5. The lowest BCUT2D eigenvalue weighted by Crippen LogP contribution is -2.37. The number of alkyl halides is 2. The fraction of sp³-hybridized carbons (Fsp3) is 0.368. The van der Waals surface area contributed by atoms with Gasteiger partial charge < -0.3 is 10.6 Å². The normalized spacial score (nSPS) is 25.8. The molecular formula is C19H22Cl2N2O4S. The van der Waals surface area contributed by atoms with Crippen molar-refractivity contribution in [2.45, 2.75) is 30.1 Å². The minimum absolute atomic E-state index is 0.0293. The Kier molecular flexibility index (Phi) is 7.69. The Morgan fingerprint density at radius 3 is 2.39 bits per heavy atom. The molecule has 0 aliphatic heterocycles. The van der Waals surface area contributed by atoms with Crippen LogP contribution in [-0.2, 0) is 19.4 Å². The van der Waals surface area contributed by atoms with E-state index in [0.29, 0.717) is 12.1 Å². The van der Waals surface area contributed by atoms with Crippen LogP contribution in [0.1, 0.15) is 13.3 Å². The zero-order chi connectivity index (χ0) is 20.9. The van der Waals surface area contributed by atoms with E-state index in [1.807, 2.05) is 6.92 Å². The first-order valence-electron chi connectivity index (χ1n) is 8.62. The molecule has 2 aliphatic rings. The van der Waals surface area contributed by atoms with Crippen molar-refractivity contribution in [1.82, 2.24) is 10.6 Å². The summed E-state index contributed by atoms with van der Waals surface area (Å²) < 4.78 is 23.0. The summed E-state index contributed by atoms with van der Waals surface area (Å²) in [7, 11) is -3.23. The van der Waals surface area contributed by atoms with E-state index < -0.39 is 27.0 Å². The van der Waals surface area contributed by atoms with Crippen LogP contribution in [-0.4, -0.2) is 43.3 Å². The Hall–Kier alpha value is -1.83. The molecule has 0 fully saturated rings. The van der Waals surface area contributed by atoms with E-state index in [-0.39, 0.29) is 22.2 Å². The van der Waals surface area contributed by atoms with E-state index in [9.17, 15) is 18.0 Å². The molecule has 28 heavy (non-hydrogen) atoms. The van der Waals surface area contributed by atoms with Crippen LogP contribution in [0.15, 0.2) is 59.2 Å². The summed E-state index contributed by atoms with van der Waals surface area (Å²) >= 11 is 11.9. The molecule has 4 unspecified atom stereocenters. The molecule has 0 bridgehead atoms. The zero-order valence-electron chi connectivity index (χ0n) is 15.4. The first-order valence-corrected chi connectivity index (χ1v) is 11.4. The maximum Gasteiger partial charge on any atom is 0.248 e. The summed E-state index contributed by atoms with van der Waals surface area (Å²) in [5, 5.41) is 4.63. The van der Waals surface area contributed by atoms with Gasteiger partial charge in [0.25, 0.3) is 0 Å². The third kappa shape index (κ3) is 6.65. The van der Waals surface area contributed by atoms with Crippen LogP contribution in [0, 0.1) is 5.92 Å². The maximum atomic E-state index is 12.0. The number of nitrogens with one attached hydrogen (secondary N) is 2. The molecule has 2 rings (SSSR count). The Balaban J connectivity index is 1.83. The molecule has 0 aromatic carbocycles. The van der Waals surface area contributed by atoms with Gasteiger partial charge in [0.2, 0.25) is 11.8 Å². The third-order valence-electron chi connectivity index (χ3n) is 4.30. The molecule has 0 radical (unpaired) electrons. The van der Waals surface area contributed by atoms with Crippen LogP contribution in [0.4, 0.5) is 0 Å². The molecule has 9 heteroatoms. The molecule has 2 aliphatic carbocycles. The average molecular weight is 445 g/mol. The van der Waals surface area contributed by atoms with E-state index in [1.54, 1.807) is 36.5 Å². The fourth-order valence-electron chi connectivity index (χ4n) is 2.68. The smallest absolute Gasteiger partial charge is 0.248 e.